The molecule has 0 aromatic rings. The van der Waals surface area contributed by atoms with Crippen LogP contribution in [0.5, 0.6) is 0 Å². The lowest BCUT2D eigenvalue weighted by atomic mass is 9.71. The minimum Gasteiger partial charge on any atom is -0.370 e. The largest absolute Gasteiger partial charge is 0.370 e. The second-order valence-electron chi connectivity index (χ2n) is 54.6. The molecular formula is C102H194N24O3. The standard InChI is InChI=1S/C102H194N24O3/c1-85(2)58-73(59-86(3,4)114-85)121-97(25,26)52-70(53-98(121,27)28)105-81-49-79(108-124(110-81)127-76-64-91(13,14)117-92(15,16)65-76)103-45-41-37-39-43-47-120(84-51-83(112-126(113-84)129-78-68-95(21,22)119-96(23,24)69-78)107-72-56-101(33,34)123(102(35,36)57-72)75-62-89(9,10)116-90(11,12)63-75)48-44-40-38-42-46-104-80-50-82(111-125(109-80)128-77-66-93(17,18)118-94(19,20)67-77)106-71-54-99(29,30)122(100(31,32)55-71)74-60-87(5,6)115-88(7,8)61-74/h49-51,70-78,103-104,108-109,113-119H,37-48,52-69H2,1-36H3,(H,105,110)(H,106,111)(H,107,112). The maximum absolute atomic E-state index is 7.16. The quantitative estimate of drug-likeness (QED) is 0.0311. The number of rotatable bonds is 29. The second kappa shape index (κ2) is 37.3. The highest BCUT2D eigenvalue weighted by Gasteiger charge is 2.57. The molecule has 14 N–H and O–H groups in total. The molecule has 27 heteroatoms. The van der Waals surface area contributed by atoms with E-state index in [4.69, 9.17) is 29.8 Å². The highest BCUT2D eigenvalue weighted by Crippen LogP contribution is 2.50. The SMILES string of the molecule is CC1(C)CC(ON2N=C(NC3CC(C)(C)N(C4CC(C)(C)NC(C)(C)C4)C(C)(C)C3)C=C(NCCCCCCN(CCCCCCNC3=CC(NC4CC(C)(C)N(C5CC(C)(C)NC(C)(C)C5)C(C)(C)C4)=NN(OC4CC(C)(C)NC(C)(C)C4)N3)C3=CC(NC4CC(C)(C)N(C5CC(C)(C)NC(C)(C)C5)C(C)(C)C4)=NN(OC4CC(C)(C)NC(C)(C)C4)N3)N2)CC(C)(C)N1. The van der Waals surface area contributed by atoms with Gasteiger partial charge in [-0.2, -0.15) is 0 Å². The number of nitrogens with zero attached hydrogens (tertiary/aromatic N) is 10. The van der Waals surface area contributed by atoms with Gasteiger partial charge in [-0.25, -0.2) is 30.8 Å². The van der Waals surface area contributed by atoms with Gasteiger partial charge in [-0.15, -0.1) is 15.3 Å². The predicted octanol–water partition coefficient (Wildman–Crippen LogP) is 16.0. The maximum Gasteiger partial charge on any atom is 0.154 e. The number of hydrogen-bond donors (Lipinski definition) is 14. The molecule has 0 spiro atoms. The molecule has 12 heterocycles. The summed E-state index contributed by atoms with van der Waals surface area (Å²) in [6.45, 7) is 89.2. The molecule has 12 aliphatic heterocycles. The molecule has 0 aromatic carbocycles. The molecule has 9 saturated heterocycles. The molecule has 12 aliphatic rings. The van der Waals surface area contributed by atoms with Crippen LogP contribution in [-0.2, 0) is 14.5 Å². The summed E-state index contributed by atoms with van der Waals surface area (Å²) in [7, 11) is 0. The van der Waals surface area contributed by atoms with E-state index in [1.165, 1.54) is 0 Å². The first-order chi connectivity index (χ1) is 58.9. The van der Waals surface area contributed by atoms with Gasteiger partial charge in [-0.3, -0.25) is 14.7 Å². The zero-order chi connectivity index (χ0) is 95.2. The average molecular weight is 1800 g/mol. The van der Waals surface area contributed by atoms with Gasteiger partial charge in [0.05, 0.1) is 18.3 Å². The Bertz CT molecular complexity index is 3680. The summed E-state index contributed by atoms with van der Waals surface area (Å²) >= 11 is 0. The lowest BCUT2D eigenvalue weighted by Gasteiger charge is -2.62. The topological polar surface area (TPSA) is 256 Å². The first-order valence-corrected chi connectivity index (χ1v) is 51.2. The third-order valence-corrected chi connectivity index (χ3v) is 30.0. The van der Waals surface area contributed by atoms with Crippen LogP contribution in [0, 0.1) is 0 Å². The van der Waals surface area contributed by atoms with Crippen LogP contribution >= 0.6 is 0 Å². The first-order valence-electron chi connectivity index (χ1n) is 51.2. The number of piperidine rings is 9. The average Bonchev–Trinajstić information content (AvgIpc) is 0.744. The summed E-state index contributed by atoms with van der Waals surface area (Å²) in [6, 6.07) is 1.98. The Hall–Kier alpha value is -4.65. The van der Waals surface area contributed by atoms with Gasteiger partial charge in [-0.05, 0) is 391 Å². The number of hydrogen-bond acceptors (Lipinski definition) is 27. The van der Waals surface area contributed by atoms with Gasteiger partial charge in [0.2, 0.25) is 0 Å². The molecule has 0 aromatic heterocycles. The summed E-state index contributed by atoms with van der Waals surface area (Å²) in [5, 5.41) is 64.3. The number of unbranched alkanes of at least 4 members (excludes halogenated alkanes) is 6. The molecule has 0 unspecified atom stereocenters. The van der Waals surface area contributed by atoms with Crippen LogP contribution in [0.3, 0.4) is 0 Å². The van der Waals surface area contributed by atoms with Crippen molar-refractivity contribution in [1.82, 2.24) is 110 Å². The normalized spacial score (nSPS) is 29.2. The fourth-order valence-electron chi connectivity index (χ4n) is 29.8. The van der Waals surface area contributed by atoms with Crippen molar-refractivity contribution >= 4 is 17.5 Å². The molecule has 0 atom stereocenters. The molecule has 0 radical (unpaired) electrons. The molecule has 9 fully saturated rings. The van der Waals surface area contributed by atoms with E-state index in [9.17, 15) is 0 Å². The molecule has 740 valence electrons. The third-order valence-electron chi connectivity index (χ3n) is 30.0. The molecule has 12 rings (SSSR count). The molecule has 0 aliphatic carbocycles. The number of hydrazone groups is 3. The lowest BCUT2D eigenvalue weighted by molar-refractivity contribution is -0.244. The summed E-state index contributed by atoms with van der Waals surface area (Å²) in [4.78, 5) is 32.3. The van der Waals surface area contributed by atoms with Gasteiger partial charge in [0.1, 0.15) is 17.5 Å². The van der Waals surface area contributed by atoms with Crippen LogP contribution in [-0.4, -0.2) is 233 Å². The lowest BCUT2D eigenvalue weighted by Crippen LogP contribution is -2.71. The van der Waals surface area contributed by atoms with Crippen molar-refractivity contribution in [3.05, 3.63) is 35.7 Å². The Morgan fingerprint density at radius 1 is 0.279 bits per heavy atom. The molecule has 129 heavy (non-hydrogen) atoms. The summed E-state index contributed by atoms with van der Waals surface area (Å²) in [6.07, 6.45) is 32.7. The Labute approximate surface area is 785 Å². The van der Waals surface area contributed by atoms with E-state index < -0.39 is 0 Å². The van der Waals surface area contributed by atoms with E-state index in [2.05, 4.69) is 362 Å². The van der Waals surface area contributed by atoms with Crippen molar-refractivity contribution in [1.29, 1.82) is 0 Å². The number of hydrazine groups is 3. The van der Waals surface area contributed by atoms with Gasteiger partial charge < -0.3 is 63.4 Å². The predicted molar refractivity (Wildman–Crippen MR) is 534 cm³/mol. The van der Waals surface area contributed by atoms with Crippen molar-refractivity contribution in [2.45, 2.75) is 570 Å². The third kappa shape index (κ3) is 28.3. The second-order valence-corrected chi connectivity index (χ2v) is 54.6. The van der Waals surface area contributed by atoms with Gasteiger partial charge in [0, 0.05) is 180 Å². The van der Waals surface area contributed by atoms with E-state index in [0.29, 0.717) is 18.1 Å². The van der Waals surface area contributed by atoms with E-state index >= 15 is 0 Å². The number of amidine groups is 3. The van der Waals surface area contributed by atoms with Crippen molar-refractivity contribution < 1.29 is 14.5 Å². The van der Waals surface area contributed by atoms with Crippen LogP contribution in [0.15, 0.2) is 51.0 Å². The summed E-state index contributed by atoms with van der Waals surface area (Å²) in [5.74, 6) is 5.28. The zero-order valence-corrected chi connectivity index (χ0v) is 88.8. The van der Waals surface area contributed by atoms with Gasteiger partial charge in [0.15, 0.2) is 17.5 Å². The van der Waals surface area contributed by atoms with Gasteiger partial charge in [0.25, 0.3) is 0 Å². The van der Waals surface area contributed by atoms with E-state index in [1.807, 2.05) is 0 Å². The minimum absolute atomic E-state index is 0.0354. The molecule has 27 nitrogen and oxygen atoms in total. The van der Waals surface area contributed by atoms with E-state index in [1.54, 1.807) is 15.8 Å². The van der Waals surface area contributed by atoms with Crippen LogP contribution in [0.4, 0.5) is 0 Å². The Balaban J connectivity index is 0.743. The highest BCUT2D eigenvalue weighted by atomic mass is 16.8. The van der Waals surface area contributed by atoms with Crippen LogP contribution < -0.4 is 74.8 Å². The highest BCUT2D eigenvalue weighted by molar-refractivity contribution is 5.95. The van der Waals surface area contributed by atoms with E-state index in [0.717, 1.165) is 228 Å². The van der Waals surface area contributed by atoms with Crippen molar-refractivity contribution in [3.63, 3.8) is 0 Å². The zero-order valence-electron chi connectivity index (χ0n) is 88.8. The van der Waals surface area contributed by atoms with Crippen molar-refractivity contribution in [3.8, 4) is 0 Å². The Morgan fingerprint density at radius 2 is 0.496 bits per heavy atom. The Morgan fingerprint density at radius 3 is 0.744 bits per heavy atom. The molecular weight excluding hydrogens is 1610 g/mol. The van der Waals surface area contributed by atoms with Gasteiger partial charge >= 0.3 is 0 Å². The van der Waals surface area contributed by atoms with Gasteiger partial charge in [-0.1, -0.05) is 41.5 Å². The smallest absolute Gasteiger partial charge is 0.154 e. The monoisotopic (exact) mass is 1800 g/mol. The molecule has 0 bridgehead atoms. The number of nitrogens with one attached hydrogen (secondary N) is 14. The summed E-state index contributed by atoms with van der Waals surface area (Å²) < 4.78 is 0. The minimum atomic E-state index is -0.122. The van der Waals surface area contributed by atoms with Crippen LogP contribution in [0.2, 0.25) is 0 Å². The fraction of sp³-hybridized carbons (Fsp3) is 0.912. The van der Waals surface area contributed by atoms with Crippen LogP contribution in [0.25, 0.3) is 0 Å². The Kier molecular flexibility index (Phi) is 29.9. The van der Waals surface area contributed by atoms with Crippen molar-refractivity contribution in [2.75, 3.05) is 26.2 Å². The summed E-state index contributed by atoms with van der Waals surface area (Å²) in [5.41, 5.74) is 10.3. The molecule has 0 amide bonds. The van der Waals surface area contributed by atoms with Crippen LogP contribution in [0.1, 0.15) is 416 Å². The number of likely N-dealkylation sites (tertiary alicyclic amines) is 3. The first kappa shape index (κ1) is 103. The fourth-order valence-corrected chi connectivity index (χ4v) is 29.8. The van der Waals surface area contributed by atoms with E-state index in [-0.39, 0.29) is 136 Å². The van der Waals surface area contributed by atoms with Crippen molar-refractivity contribution in [2.24, 2.45) is 15.3 Å². The molecule has 0 saturated carbocycles. The maximum atomic E-state index is 7.16.